The summed E-state index contributed by atoms with van der Waals surface area (Å²) >= 11 is 0. The number of nitrogens with one attached hydrogen (secondary N) is 1. The number of nitrogens with zero attached hydrogens (tertiary/aromatic N) is 3. The number of aromatic nitrogens is 1. The molecule has 27 heavy (non-hydrogen) atoms. The predicted molar refractivity (Wildman–Crippen MR) is 107 cm³/mol. The Kier molecular flexibility index (Phi) is 5.07. The molecular formula is C21H28N4O2. The molecule has 1 N–H and O–H groups in total. The Labute approximate surface area is 160 Å². The molecule has 6 nitrogen and oxygen atoms in total. The molecule has 2 bridgehead atoms. The second-order valence-electron chi connectivity index (χ2n) is 7.48. The largest absolute Gasteiger partial charge is 0.492 e. The van der Waals surface area contributed by atoms with Crippen molar-refractivity contribution in [1.29, 1.82) is 0 Å². The van der Waals surface area contributed by atoms with Crippen molar-refractivity contribution >= 4 is 11.7 Å². The van der Waals surface area contributed by atoms with Gasteiger partial charge >= 0.3 is 6.03 Å². The third-order valence-electron chi connectivity index (χ3n) is 5.61. The lowest BCUT2D eigenvalue weighted by atomic mass is 10.1. The molecule has 2 aliphatic heterocycles. The quantitative estimate of drug-likeness (QED) is 0.897. The molecule has 2 fully saturated rings. The van der Waals surface area contributed by atoms with Crippen LogP contribution in [0.2, 0.25) is 0 Å². The number of benzene rings is 1. The van der Waals surface area contributed by atoms with E-state index in [1.54, 1.807) is 0 Å². The molecule has 6 heteroatoms. The van der Waals surface area contributed by atoms with Crippen molar-refractivity contribution in [3.05, 3.63) is 42.7 Å². The first-order valence-electron chi connectivity index (χ1n) is 9.83. The molecule has 1 aromatic heterocycles. The van der Waals surface area contributed by atoms with E-state index in [1.165, 1.54) is 0 Å². The molecule has 0 unspecified atom stereocenters. The van der Waals surface area contributed by atoms with E-state index < -0.39 is 0 Å². The third-order valence-corrected chi connectivity index (χ3v) is 5.61. The van der Waals surface area contributed by atoms with Crippen LogP contribution in [-0.4, -0.2) is 59.2 Å². The Bertz CT molecular complexity index is 789. The first-order valence-corrected chi connectivity index (χ1v) is 9.83. The van der Waals surface area contributed by atoms with Gasteiger partial charge in [-0.1, -0.05) is 0 Å². The summed E-state index contributed by atoms with van der Waals surface area (Å²) in [5, 5.41) is 3.13. The number of hydrogen-bond donors (Lipinski definition) is 1. The number of rotatable bonds is 4. The second-order valence-corrected chi connectivity index (χ2v) is 7.48. The third kappa shape index (κ3) is 3.67. The summed E-state index contributed by atoms with van der Waals surface area (Å²) in [4.78, 5) is 17.5. The summed E-state index contributed by atoms with van der Waals surface area (Å²) in [6.45, 7) is 4.60. The highest BCUT2D eigenvalue weighted by atomic mass is 16.5. The number of likely N-dealkylation sites (tertiary alicyclic amines) is 1. The summed E-state index contributed by atoms with van der Waals surface area (Å²) in [7, 11) is 2.15. The van der Waals surface area contributed by atoms with Crippen LogP contribution in [0.4, 0.5) is 10.5 Å². The predicted octanol–water partition coefficient (Wildman–Crippen LogP) is 3.58. The van der Waals surface area contributed by atoms with Gasteiger partial charge in [-0.3, -0.25) is 0 Å². The average Bonchev–Trinajstić information content (AvgIpc) is 3.27. The Balaban J connectivity index is 1.55. The molecule has 2 saturated heterocycles. The van der Waals surface area contributed by atoms with Gasteiger partial charge in [-0.15, -0.1) is 0 Å². The number of fused-ring (bicyclic) bond motifs is 2. The number of hydrogen-bond acceptors (Lipinski definition) is 3. The lowest BCUT2D eigenvalue weighted by Crippen LogP contribution is -2.45. The maximum atomic E-state index is 13.1. The zero-order chi connectivity index (χ0) is 18.8. The number of anilines is 1. The second kappa shape index (κ2) is 7.64. The first kappa shape index (κ1) is 17.9. The summed E-state index contributed by atoms with van der Waals surface area (Å²) in [5.74, 6) is 0.808. The van der Waals surface area contributed by atoms with Gasteiger partial charge in [-0.05, 0) is 70.1 Å². The summed E-state index contributed by atoms with van der Waals surface area (Å²) < 4.78 is 7.77. The molecule has 144 valence electrons. The number of urea groups is 1. The topological polar surface area (TPSA) is 49.7 Å². The average molecular weight is 368 g/mol. The molecule has 0 spiro atoms. The van der Waals surface area contributed by atoms with E-state index >= 15 is 0 Å². The molecule has 0 saturated carbocycles. The van der Waals surface area contributed by atoms with E-state index in [0.29, 0.717) is 18.7 Å². The fourth-order valence-electron chi connectivity index (χ4n) is 4.33. The highest BCUT2D eigenvalue weighted by Crippen LogP contribution is 2.31. The smallest absolute Gasteiger partial charge is 0.322 e. The van der Waals surface area contributed by atoms with E-state index in [-0.39, 0.29) is 6.03 Å². The van der Waals surface area contributed by atoms with Crippen molar-refractivity contribution in [2.75, 3.05) is 32.1 Å². The van der Waals surface area contributed by atoms with Gasteiger partial charge in [0.25, 0.3) is 0 Å². The van der Waals surface area contributed by atoms with Crippen LogP contribution in [-0.2, 0) is 0 Å². The molecule has 3 heterocycles. The molecule has 4 rings (SSSR count). The molecule has 0 aliphatic carbocycles. The Morgan fingerprint density at radius 1 is 1.19 bits per heavy atom. The highest BCUT2D eigenvalue weighted by molar-refractivity contribution is 5.90. The number of ether oxygens (including phenoxy) is 1. The van der Waals surface area contributed by atoms with Crippen LogP contribution in [0.3, 0.4) is 0 Å². The van der Waals surface area contributed by atoms with Crippen LogP contribution in [0, 0.1) is 0 Å². The van der Waals surface area contributed by atoms with Crippen LogP contribution in [0.15, 0.2) is 42.7 Å². The van der Waals surface area contributed by atoms with Crippen molar-refractivity contribution < 1.29 is 9.53 Å². The maximum absolute atomic E-state index is 13.1. The summed E-state index contributed by atoms with van der Waals surface area (Å²) in [6, 6.07) is 10.5. The fraction of sp³-hybridized carbons (Fsp3) is 0.476. The minimum Gasteiger partial charge on any atom is -0.492 e. The zero-order valence-corrected chi connectivity index (χ0v) is 16.1. The van der Waals surface area contributed by atoms with Crippen molar-refractivity contribution in [1.82, 2.24) is 14.4 Å². The molecule has 2 aromatic rings. The Hall–Kier alpha value is -2.47. The van der Waals surface area contributed by atoms with Crippen molar-refractivity contribution in [3.63, 3.8) is 0 Å². The van der Waals surface area contributed by atoms with Gasteiger partial charge in [0.2, 0.25) is 0 Å². The fourth-order valence-corrected chi connectivity index (χ4v) is 4.33. The lowest BCUT2D eigenvalue weighted by Gasteiger charge is -2.28. The molecule has 0 radical (unpaired) electrons. The van der Waals surface area contributed by atoms with Crippen LogP contribution >= 0.6 is 0 Å². The van der Waals surface area contributed by atoms with Crippen LogP contribution in [0.25, 0.3) is 5.69 Å². The Morgan fingerprint density at radius 2 is 1.96 bits per heavy atom. The Morgan fingerprint density at radius 3 is 2.74 bits per heavy atom. The molecule has 2 atom stereocenters. The van der Waals surface area contributed by atoms with E-state index in [1.807, 2.05) is 54.2 Å². The van der Waals surface area contributed by atoms with E-state index in [2.05, 4.69) is 22.2 Å². The van der Waals surface area contributed by atoms with E-state index in [0.717, 1.165) is 49.5 Å². The van der Waals surface area contributed by atoms with Gasteiger partial charge in [-0.2, -0.15) is 0 Å². The zero-order valence-electron chi connectivity index (χ0n) is 16.1. The number of amides is 2. The van der Waals surface area contributed by atoms with Gasteiger partial charge in [0.05, 0.1) is 12.3 Å². The van der Waals surface area contributed by atoms with E-state index in [4.69, 9.17) is 4.74 Å². The number of likely N-dealkylation sites (N-methyl/N-ethyl adjacent to an activating group) is 1. The van der Waals surface area contributed by atoms with E-state index in [9.17, 15) is 4.79 Å². The van der Waals surface area contributed by atoms with Gasteiger partial charge < -0.3 is 24.4 Å². The number of carbonyl (C=O) groups excluding carboxylic acids is 1. The first-order chi connectivity index (χ1) is 13.2. The van der Waals surface area contributed by atoms with Gasteiger partial charge in [0, 0.05) is 36.7 Å². The molecule has 1 aromatic carbocycles. The van der Waals surface area contributed by atoms with Crippen molar-refractivity contribution in [2.24, 2.45) is 0 Å². The molecular weight excluding hydrogens is 340 g/mol. The van der Waals surface area contributed by atoms with Gasteiger partial charge in [0.15, 0.2) is 0 Å². The van der Waals surface area contributed by atoms with Gasteiger partial charge in [-0.25, -0.2) is 4.79 Å². The minimum absolute atomic E-state index is 0.0143. The number of carbonyl (C=O) groups is 1. The van der Waals surface area contributed by atoms with Crippen molar-refractivity contribution in [2.45, 2.75) is 38.3 Å². The molecule has 2 amide bonds. The summed E-state index contributed by atoms with van der Waals surface area (Å²) in [5.41, 5.74) is 1.72. The van der Waals surface area contributed by atoms with Crippen molar-refractivity contribution in [3.8, 4) is 11.4 Å². The monoisotopic (exact) mass is 368 g/mol. The normalized spacial score (nSPS) is 22.5. The van der Waals surface area contributed by atoms with Crippen LogP contribution in [0.1, 0.15) is 26.2 Å². The standard InChI is InChI=1S/C21H28N4O2/c1-3-27-20-9-6-16(14-19(20)24-11-4-5-12-24)22-21(26)25-17-7-8-18(25)15-23(2)13-10-17/h4-6,9,11-12,14,17-18H,3,7-8,10,13,15H2,1-2H3,(H,22,26)/t17-,18+/m1/s1. The summed E-state index contributed by atoms with van der Waals surface area (Å²) in [6.07, 6.45) is 7.23. The van der Waals surface area contributed by atoms with Crippen LogP contribution in [0.5, 0.6) is 5.75 Å². The van der Waals surface area contributed by atoms with Gasteiger partial charge in [0.1, 0.15) is 5.75 Å². The van der Waals surface area contributed by atoms with Crippen LogP contribution < -0.4 is 10.1 Å². The SMILES string of the molecule is CCOc1ccc(NC(=O)N2[C@@H]3CC[C@H]2CN(C)CC3)cc1-n1cccc1. The minimum atomic E-state index is 0.0143. The molecule has 2 aliphatic rings. The lowest BCUT2D eigenvalue weighted by molar-refractivity contribution is 0.186. The highest BCUT2D eigenvalue weighted by Gasteiger charge is 2.39. The maximum Gasteiger partial charge on any atom is 0.322 e.